The van der Waals surface area contributed by atoms with Crippen LogP contribution in [0.3, 0.4) is 0 Å². The van der Waals surface area contributed by atoms with Crippen LogP contribution in [0.1, 0.15) is 6.92 Å². The summed E-state index contributed by atoms with van der Waals surface area (Å²) >= 11 is 0. The molecule has 1 fully saturated rings. The maximum Gasteiger partial charge on any atom is 0.110 e. The number of hydrogen-bond acceptors (Lipinski definition) is 5. The first-order valence-electron chi connectivity index (χ1n) is 4.89. The van der Waals surface area contributed by atoms with Crippen molar-refractivity contribution in [2.75, 3.05) is 26.7 Å². The summed E-state index contributed by atoms with van der Waals surface area (Å²) in [5.41, 5.74) is 0. The summed E-state index contributed by atoms with van der Waals surface area (Å²) in [7, 11) is 1.49. The molecule has 1 aliphatic heterocycles. The zero-order chi connectivity index (χ0) is 10.7. The van der Waals surface area contributed by atoms with Gasteiger partial charge < -0.3 is 20.1 Å². The average molecular weight is 205 g/mol. The van der Waals surface area contributed by atoms with Crippen molar-refractivity contribution < 1.29 is 20.1 Å². The van der Waals surface area contributed by atoms with Gasteiger partial charge in [0.25, 0.3) is 0 Å². The lowest BCUT2D eigenvalue weighted by Gasteiger charge is -2.24. The number of nitrogens with zero attached hydrogens (tertiary/aromatic N) is 1. The lowest BCUT2D eigenvalue weighted by molar-refractivity contribution is -0.0993. The monoisotopic (exact) mass is 205 g/mol. The molecule has 5 nitrogen and oxygen atoms in total. The molecule has 0 bridgehead atoms. The van der Waals surface area contributed by atoms with Gasteiger partial charge in [0.1, 0.15) is 12.2 Å². The molecule has 0 amide bonds. The molecule has 14 heavy (non-hydrogen) atoms. The standard InChI is InChI=1S/C9H19NO4/c1-3-10-4-6(11)8(12)9(13)7(5-10)14-2/h6-9,11-13H,3-5H2,1-2H3/t6-,7+,8+,9-/m1/s1. The first-order chi connectivity index (χ1) is 6.60. The van der Waals surface area contributed by atoms with Crippen LogP contribution in [0.4, 0.5) is 0 Å². The van der Waals surface area contributed by atoms with Crippen molar-refractivity contribution >= 4 is 0 Å². The summed E-state index contributed by atoms with van der Waals surface area (Å²) in [6.45, 7) is 3.62. The van der Waals surface area contributed by atoms with E-state index in [0.717, 1.165) is 6.54 Å². The molecule has 0 aromatic rings. The van der Waals surface area contributed by atoms with Crippen LogP contribution in [0.25, 0.3) is 0 Å². The fourth-order valence-electron chi connectivity index (χ4n) is 1.73. The number of aliphatic hydroxyl groups is 3. The van der Waals surface area contributed by atoms with Crippen LogP contribution >= 0.6 is 0 Å². The molecule has 1 saturated heterocycles. The number of likely N-dealkylation sites (tertiary alicyclic amines) is 1. The number of ether oxygens (including phenoxy) is 1. The maximum atomic E-state index is 9.64. The van der Waals surface area contributed by atoms with E-state index < -0.39 is 24.4 Å². The second kappa shape index (κ2) is 5.04. The van der Waals surface area contributed by atoms with E-state index >= 15 is 0 Å². The predicted molar refractivity (Wildman–Crippen MR) is 50.9 cm³/mol. The molecule has 0 spiro atoms. The van der Waals surface area contributed by atoms with Gasteiger partial charge in [-0.05, 0) is 6.54 Å². The number of aliphatic hydroxyl groups excluding tert-OH is 3. The quantitative estimate of drug-likeness (QED) is 0.507. The van der Waals surface area contributed by atoms with E-state index in [1.54, 1.807) is 0 Å². The van der Waals surface area contributed by atoms with Gasteiger partial charge in [-0.3, -0.25) is 4.90 Å². The molecule has 0 aromatic heterocycles. The average Bonchev–Trinajstić information content (AvgIpc) is 2.30. The summed E-state index contributed by atoms with van der Waals surface area (Å²) in [5.74, 6) is 0. The van der Waals surface area contributed by atoms with Crippen molar-refractivity contribution in [2.24, 2.45) is 0 Å². The largest absolute Gasteiger partial charge is 0.389 e. The zero-order valence-corrected chi connectivity index (χ0v) is 8.63. The van der Waals surface area contributed by atoms with E-state index in [2.05, 4.69) is 0 Å². The van der Waals surface area contributed by atoms with Crippen LogP contribution in [0.15, 0.2) is 0 Å². The zero-order valence-electron chi connectivity index (χ0n) is 8.63. The minimum Gasteiger partial charge on any atom is -0.389 e. The maximum absolute atomic E-state index is 9.64. The number of β-amino-alcohol motifs (C(OH)–C–C–N with tert-alkyl or cyclic N) is 1. The highest BCUT2D eigenvalue weighted by molar-refractivity contribution is 4.89. The Morgan fingerprint density at radius 1 is 1.21 bits per heavy atom. The number of methoxy groups -OCH3 is 1. The van der Waals surface area contributed by atoms with Crippen molar-refractivity contribution in [3.05, 3.63) is 0 Å². The molecule has 0 aliphatic carbocycles. The minimum atomic E-state index is -1.13. The molecule has 3 N–H and O–H groups in total. The van der Waals surface area contributed by atoms with Crippen LogP contribution in [-0.4, -0.2) is 71.4 Å². The van der Waals surface area contributed by atoms with Crippen molar-refractivity contribution in [1.29, 1.82) is 0 Å². The van der Waals surface area contributed by atoms with Gasteiger partial charge in [0, 0.05) is 20.2 Å². The van der Waals surface area contributed by atoms with Gasteiger partial charge in [-0.25, -0.2) is 0 Å². The minimum absolute atomic E-state index is 0.370. The third-order valence-electron chi connectivity index (χ3n) is 2.76. The van der Waals surface area contributed by atoms with Gasteiger partial charge in [0.2, 0.25) is 0 Å². The predicted octanol–water partition coefficient (Wildman–Crippen LogP) is -1.58. The number of rotatable bonds is 2. The molecule has 5 heteroatoms. The van der Waals surface area contributed by atoms with Gasteiger partial charge >= 0.3 is 0 Å². The smallest absolute Gasteiger partial charge is 0.110 e. The first-order valence-corrected chi connectivity index (χ1v) is 4.89. The van der Waals surface area contributed by atoms with Crippen molar-refractivity contribution in [2.45, 2.75) is 31.3 Å². The van der Waals surface area contributed by atoms with Crippen LogP contribution in [0.5, 0.6) is 0 Å². The lowest BCUT2D eigenvalue weighted by Crippen LogP contribution is -2.44. The van der Waals surface area contributed by atoms with Gasteiger partial charge in [-0.15, -0.1) is 0 Å². The first kappa shape index (κ1) is 11.9. The second-order valence-corrected chi connectivity index (χ2v) is 3.67. The Hall–Kier alpha value is -0.200. The summed E-state index contributed by atoms with van der Waals surface area (Å²) in [6.07, 6.45) is -3.50. The van der Waals surface area contributed by atoms with E-state index in [1.165, 1.54) is 7.11 Å². The second-order valence-electron chi connectivity index (χ2n) is 3.67. The topological polar surface area (TPSA) is 73.2 Å². The van der Waals surface area contributed by atoms with Gasteiger partial charge in [0.15, 0.2) is 0 Å². The third kappa shape index (κ3) is 2.43. The highest BCUT2D eigenvalue weighted by Gasteiger charge is 2.36. The summed E-state index contributed by atoms with van der Waals surface area (Å²) in [6, 6.07) is 0. The Labute approximate surface area is 83.9 Å². The summed E-state index contributed by atoms with van der Waals surface area (Å²) < 4.78 is 5.07. The Bertz CT molecular complexity index is 178. The fraction of sp³-hybridized carbons (Fsp3) is 1.00. The molecule has 4 atom stereocenters. The molecule has 0 radical (unpaired) electrons. The van der Waals surface area contributed by atoms with Crippen LogP contribution in [-0.2, 0) is 4.74 Å². The lowest BCUT2D eigenvalue weighted by atomic mass is 10.1. The van der Waals surface area contributed by atoms with Crippen molar-refractivity contribution in [3.8, 4) is 0 Å². The van der Waals surface area contributed by atoms with E-state index in [0.29, 0.717) is 13.1 Å². The van der Waals surface area contributed by atoms with Gasteiger partial charge in [-0.2, -0.15) is 0 Å². The summed E-state index contributed by atoms with van der Waals surface area (Å²) in [5, 5.41) is 28.7. The van der Waals surface area contributed by atoms with Crippen molar-refractivity contribution in [1.82, 2.24) is 4.90 Å². The molecule has 84 valence electrons. The molecular weight excluding hydrogens is 186 g/mol. The van der Waals surface area contributed by atoms with E-state index in [1.807, 2.05) is 11.8 Å². The molecular formula is C9H19NO4. The molecule has 0 aromatic carbocycles. The molecule has 0 unspecified atom stereocenters. The molecule has 1 heterocycles. The SMILES string of the molecule is CCN1C[C@@H](O)[C@H](O)[C@H](O)[C@@H](OC)C1. The summed E-state index contributed by atoms with van der Waals surface area (Å²) in [4.78, 5) is 1.94. The van der Waals surface area contributed by atoms with E-state index in [4.69, 9.17) is 4.74 Å². The van der Waals surface area contributed by atoms with Crippen LogP contribution in [0.2, 0.25) is 0 Å². The molecule has 1 rings (SSSR count). The highest BCUT2D eigenvalue weighted by Crippen LogP contribution is 2.14. The fourth-order valence-corrected chi connectivity index (χ4v) is 1.73. The van der Waals surface area contributed by atoms with E-state index in [9.17, 15) is 15.3 Å². The normalized spacial score (nSPS) is 40.9. The Morgan fingerprint density at radius 2 is 1.86 bits per heavy atom. The Balaban J connectivity index is 2.71. The van der Waals surface area contributed by atoms with Crippen LogP contribution in [0, 0.1) is 0 Å². The molecule has 0 saturated carbocycles. The van der Waals surface area contributed by atoms with Gasteiger partial charge in [-0.1, -0.05) is 6.92 Å². The third-order valence-corrected chi connectivity index (χ3v) is 2.76. The van der Waals surface area contributed by atoms with Gasteiger partial charge in [0.05, 0.1) is 12.2 Å². The van der Waals surface area contributed by atoms with Crippen molar-refractivity contribution in [3.63, 3.8) is 0 Å². The van der Waals surface area contributed by atoms with Crippen LogP contribution < -0.4 is 0 Å². The number of likely N-dealkylation sites (N-methyl/N-ethyl adjacent to an activating group) is 1. The highest BCUT2D eigenvalue weighted by atomic mass is 16.5. The Kier molecular flexibility index (Phi) is 4.28. The number of hydrogen-bond donors (Lipinski definition) is 3. The van der Waals surface area contributed by atoms with E-state index in [-0.39, 0.29) is 0 Å². The molecule has 1 aliphatic rings. The Morgan fingerprint density at radius 3 is 2.36 bits per heavy atom.